The minimum Gasteiger partial charge on any atom is -0.370 e. The first-order valence-corrected chi connectivity index (χ1v) is 9.07. The summed E-state index contributed by atoms with van der Waals surface area (Å²) in [6, 6.07) is 12.0. The van der Waals surface area contributed by atoms with E-state index in [4.69, 9.17) is 5.41 Å². The second-order valence-electron chi connectivity index (χ2n) is 6.34. The van der Waals surface area contributed by atoms with Crippen molar-refractivity contribution < 1.29 is 0 Å². The number of hydrogen-bond donors (Lipinski definition) is 2. The maximum Gasteiger partial charge on any atom is 0.135 e. The first kappa shape index (κ1) is 18.2. The molecule has 1 aromatic heterocycles. The molecule has 0 radical (unpaired) electrons. The van der Waals surface area contributed by atoms with Crippen molar-refractivity contribution in [1.82, 2.24) is 4.98 Å². The number of aryl methyl sites for hydroxylation is 1. The topological polar surface area (TPSA) is 48.8 Å². The summed E-state index contributed by atoms with van der Waals surface area (Å²) in [5.41, 5.74) is 3.52. The van der Waals surface area contributed by atoms with Crippen LogP contribution in [0, 0.1) is 12.3 Å². The van der Waals surface area contributed by atoms with Crippen LogP contribution in [0.15, 0.2) is 42.6 Å². The third kappa shape index (κ3) is 5.48. The van der Waals surface area contributed by atoms with Crippen LogP contribution >= 0.6 is 0 Å². The number of pyridine rings is 1. The van der Waals surface area contributed by atoms with Crippen molar-refractivity contribution in [3.05, 3.63) is 59.3 Å². The molecule has 0 aliphatic rings. The van der Waals surface area contributed by atoms with Gasteiger partial charge in [-0.15, -0.1) is 0 Å². The van der Waals surface area contributed by atoms with E-state index in [1.807, 2.05) is 36.4 Å². The number of aromatic nitrogens is 1. The highest BCUT2D eigenvalue weighted by atomic mass is 15.0. The Kier molecular flexibility index (Phi) is 7.47. The highest BCUT2D eigenvalue weighted by Gasteiger charge is 2.10. The lowest BCUT2D eigenvalue weighted by atomic mass is 10.0. The Hall–Kier alpha value is -2.16. The molecule has 3 heteroatoms. The van der Waals surface area contributed by atoms with Crippen LogP contribution in [0.2, 0.25) is 0 Å². The van der Waals surface area contributed by atoms with Crippen LogP contribution in [-0.4, -0.2) is 17.2 Å². The predicted octanol–water partition coefficient (Wildman–Crippen LogP) is 5.58. The fourth-order valence-electron chi connectivity index (χ4n) is 2.74. The fraction of sp³-hybridized carbons (Fsp3) is 0.429. The maximum atomic E-state index is 8.49. The Morgan fingerprint density at radius 2 is 1.71 bits per heavy atom. The van der Waals surface area contributed by atoms with Gasteiger partial charge >= 0.3 is 0 Å². The van der Waals surface area contributed by atoms with Crippen molar-refractivity contribution in [2.24, 2.45) is 0 Å². The van der Waals surface area contributed by atoms with Crippen LogP contribution in [0.4, 0.5) is 5.82 Å². The summed E-state index contributed by atoms with van der Waals surface area (Å²) in [6.07, 6.45) is 9.47. The quantitative estimate of drug-likeness (QED) is 0.443. The zero-order valence-corrected chi connectivity index (χ0v) is 14.9. The average Bonchev–Trinajstić information content (AvgIpc) is 2.61. The van der Waals surface area contributed by atoms with Crippen molar-refractivity contribution in [2.75, 3.05) is 11.9 Å². The molecule has 0 unspecified atom stereocenters. The van der Waals surface area contributed by atoms with Gasteiger partial charge in [0.15, 0.2) is 0 Å². The van der Waals surface area contributed by atoms with Crippen LogP contribution in [0.3, 0.4) is 0 Å². The maximum absolute atomic E-state index is 8.49. The molecule has 0 saturated heterocycles. The largest absolute Gasteiger partial charge is 0.370 e. The number of nitrogens with zero attached hydrogens (tertiary/aromatic N) is 1. The number of unbranched alkanes of at least 4 members (excludes halogenated alkanes) is 5. The Morgan fingerprint density at radius 1 is 1.00 bits per heavy atom. The second kappa shape index (κ2) is 9.86. The summed E-state index contributed by atoms with van der Waals surface area (Å²) >= 11 is 0. The number of hydrogen-bond acceptors (Lipinski definition) is 3. The third-order valence-corrected chi connectivity index (χ3v) is 4.24. The molecule has 0 aliphatic carbocycles. The molecule has 3 nitrogen and oxygen atoms in total. The third-order valence-electron chi connectivity index (χ3n) is 4.24. The highest BCUT2D eigenvalue weighted by molar-refractivity contribution is 6.13. The van der Waals surface area contributed by atoms with E-state index in [-0.39, 0.29) is 0 Å². The summed E-state index contributed by atoms with van der Waals surface area (Å²) < 4.78 is 0. The molecule has 1 aromatic carbocycles. The Morgan fingerprint density at radius 3 is 2.46 bits per heavy atom. The highest BCUT2D eigenvalue weighted by Crippen LogP contribution is 2.17. The van der Waals surface area contributed by atoms with E-state index in [9.17, 15) is 0 Å². The summed E-state index contributed by atoms with van der Waals surface area (Å²) in [5.74, 6) is 0.816. The number of nitrogens with one attached hydrogen (secondary N) is 2. The zero-order chi connectivity index (χ0) is 17.2. The molecule has 24 heavy (non-hydrogen) atoms. The van der Waals surface area contributed by atoms with Crippen molar-refractivity contribution in [2.45, 2.75) is 52.4 Å². The Labute approximate surface area is 146 Å². The van der Waals surface area contributed by atoms with E-state index < -0.39 is 0 Å². The minimum absolute atomic E-state index is 0.522. The van der Waals surface area contributed by atoms with Crippen LogP contribution in [-0.2, 0) is 0 Å². The molecular weight excluding hydrogens is 294 g/mol. The van der Waals surface area contributed by atoms with Crippen molar-refractivity contribution in [1.29, 1.82) is 5.41 Å². The molecule has 128 valence electrons. The molecule has 0 bridgehead atoms. The molecule has 2 aromatic rings. The minimum atomic E-state index is 0.522. The van der Waals surface area contributed by atoms with Crippen LogP contribution in [0.25, 0.3) is 0 Å². The van der Waals surface area contributed by atoms with Gasteiger partial charge in [0.25, 0.3) is 0 Å². The van der Waals surface area contributed by atoms with Crippen LogP contribution in [0.1, 0.15) is 62.1 Å². The molecule has 1 heterocycles. The summed E-state index contributed by atoms with van der Waals surface area (Å²) in [4.78, 5) is 4.44. The lowest BCUT2D eigenvalue weighted by molar-refractivity contribution is 0.617. The molecule has 0 fully saturated rings. The van der Waals surface area contributed by atoms with Gasteiger partial charge in [-0.05, 0) is 25.5 Å². The van der Waals surface area contributed by atoms with E-state index in [2.05, 4.69) is 24.1 Å². The summed E-state index contributed by atoms with van der Waals surface area (Å²) in [5, 5.41) is 11.9. The van der Waals surface area contributed by atoms with E-state index in [0.29, 0.717) is 5.71 Å². The molecule has 0 saturated carbocycles. The number of rotatable bonds is 10. The number of benzene rings is 1. The van der Waals surface area contributed by atoms with E-state index >= 15 is 0 Å². The first-order valence-electron chi connectivity index (χ1n) is 9.07. The first-order chi connectivity index (χ1) is 11.7. The van der Waals surface area contributed by atoms with Gasteiger partial charge in [-0.3, -0.25) is 5.41 Å². The Balaban J connectivity index is 1.92. The SMILES string of the molecule is CCCCCCCCNc1ncccc1C(=N)c1ccc(C)cc1. The van der Waals surface area contributed by atoms with Gasteiger partial charge in [0.05, 0.1) is 5.71 Å². The van der Waals surface area contributed by atoms with Crippen LogP contribution in [0.5, 0.6) is 0 Å². The smallest absolute Gasteiger partial charge is 0.135 e. The van der Waals surface area contributed by atoms with Gasteiger partial charge in [-0.25, -0.2) is 4.98 Å². The fourth-order valence-corrected chi connectivity index (χ4v) is 2.74. The number of anilines is 1. The summed E-state index contributed by atoms with van der Waals surface area (Å²) in [7, 11) is 0. The summed E-state index contributed by atoms with van der Waals surface area (Å²) in [6.45, 7) is 5.22. The molecule has 2 N–H and O–H groups in total. The molecule has 2 rings (SSSR count). The van der Waals surface area contributed by atoms with Gasteiger partial charge in [0, 0.05) is 23.9 Å². The molecular formula is C21H29N3. The van der Waals surface area contributed by atoms with Gasteiger partial charge in [0.1, 0.15) is 5.82 Å². The van der Waals surface area contributed by atoms with Gasteiger partial charge in [0.2, 0.25) is 0 Å². The molecule has 0 atom stereocenters. The Bertz CT molecular complexity index is 632. The van der Waals surface area contributed by atoms with E-state index in [1.165, 1.54) is 37.7 Å². The normalized spacial score (nSPS) is 10.6. The van der Waals surface area contributed by atoms with Gasteiger partial charge in [-0.1, -0.05) is 68.9 Å². The second-order valence-corrected chi connectivity index (χ2v) is 6.34. The zero-order valence-electron chi connectivity index (χ0n) is 14.9. The lowest BCUT2D eigenvalue weighted by Gasteiger charge is -2.12. The molecule has 0 spiro atoms. The standard InChI is InChI=1S/C21H29N3/c1-3-4-5-6-7-8-15-23-21-19(10-9-16-24-21)20(22)18-13-11-17(2)12-14-18/h9-14,16,22H,3-8,15H2,1-2H3,(H,23,24). The lowest BCUT2D eigenvalue weighted by Crippen LogP contribution is -2.10. The predicted molar refractivity (Wildman–Crippen MR) is 103 cm³/mol. The van der Waals surface area contributed by atoms with Gasteiger partial charge < -0.3 is 5.32 Å². The van der Waals surface area contributed by atoms with Crippen molar-refractivity contribution >= 4 is 11.5 Å². The molecule has 0 aliphatic heterocycles. The van der Waals surface area contributed by atoms with E-state index in [0.717, 1.165) is 29.9 Å². The molecule has 0 amide bonds. The van der Waals surface area contributed by atoms with Crippen LogP contribution < -0.4 is 5.32 Å². The van der Waals surface area contributed by atoms with E-state index in [1.54, 1.807) is 6.20 Å². The van der Waals surface area contributed by atoms with Crippen molar-refractivity contribution in [3.8, 4) is 0 Å². The monoisotopic (exact) mass is 323 g/mol. The van der Waals surface area contributed by atoms with Gasteiger partial charge in [-0.2, -0.15) is 0 Å². The van der Waals surface area contributed by atoms with Crippen molar-refractivity contribution in [3.63, 3.8) is 0 Å². The average molecular weight is 323 g/mol.